The molecule has 1 atom stereocenters. The molecular weight excluding hydrogens is 210 g/mol. The fourth-order valence-electron chi connectivity index (χ4n) is 1.83. The molecule has 1 radical (unpaired) electrons. The highest BCUT2D eigenvalue weighted by Gasteiger charge is 2.15. The molecule has 2 nitrogen and oxygen atoms in total. The first-order valence-electron chi connectivity index (χ1n) is 5.60. The maximum Gasteiger partial charge on any atom is 0.222 e. The zero-order valence-electron chi connectivity index (χ0n) is 9.71. The Bertz CT molecular complexity index is 427. The standard InChI is InChI=1S/C15H14NO/c1-13(12-17)16(14-8-4-2-5-9-14)15-10-6-3-7-11-15/h2-11,13H,1H3. The van der Waals surface area contributed by atoms with Crippen LogP contribution in [0, 0.1) is 0 Å². The van der Waals surface area contributed by atoms with Crippen molar-refractivity contribution in [2.75, 3.05) is 4.90 Å². The van der Waals surface area contributed by atoms with Crippen molar-refractivity contribution >= 4 is 17.7 Å². The summed E-state index contributed by atoms with van der Waals surface area (Å²) in [5.41, 5.74) is 1.99. The monoisotopic (exact) mass is 224 g/mol. The summed E-state index contributed by atoms with van der Waals surface area (Å²) in [6.07, 6.45) is 2.04. The molecule has 0 spiro atoms. The largest absolute Gasteiger partial charge is 0.331 e. The van der Waals surface area contributed by atoms with E-state index in [0.717, 1.165) is 11.4 Å². The van der Waals surface area contributed by atoms with E-state index in [0.29, 0.717) is 0 Å². The summed E-state index contributed by atoms with van der Waals surface area (Å²) in [7, 11) is 0. The smallest absolute Gasteiger partial charge is 0.222 e. The second-order valence-corrected chi connectivity index (χ2v) is 3.83. The van der Waals surface area contributed by atoms with Crippen LogP contribution >= 0.6 is 0 Å². The average molecular weight is 224 g/mol. The van der Waals surface area contributed by atoms with E-state index < -0.39 is 0 Å². The molecule has 1 unspecified atom stereocenters. The molecule has 85 valence electrons. The van der Waals surface area contributed by atoms with Crippen LogP contribution in [0.1, 0.15) is 6.92 Å². The van der Waals surface area contributed by atoms with Gasteiger partial charge in [-0.05, 0) is 31.2 Å². The van der Waals surface area contributed by atoms with Crippen LogP contribution in [0.4, 0.5) is 11.4 Å². The summed E-state index contributed by atoms with van der Waals surface area (Å²) in [5.74, 6) is 0. The van der Waals surface area contributed by atoms with Gasteiger partial charge in [0.2, 0.25) is 6.29 Å². The lowest BCUT2D eigenvalue weighted by Gasteiger charge is -2.27. The first kappa shape index (κ1) is 11.4. The topological polar surface area (TPSA) is 20.3 Å². The van der Waals surface area contributed by atoms with Crippen molar-refractivity contribution < 1.29 is 4.79 Å². The Morgan fingerprint density at radius 1 is 0.882 bits per heavy atom. The van der Waals surface area contributed by atoms with Gasteiger partial charge < -0.3 is 4.90 Å². The van der Waals surface area contributed by atoms with Crippen LogP contribution in [0.15, 0.2) is 60.7 Å². The first-order chi connectivity index (χ1) is 8.33. The van der Waals surface area contributed by atoms with E-state index in [1.54, 1.807) is 0 Å². The highest BCUT2D eigenvalue weighted by molar-refractivity contribution is 5.74. The molecule has 2 aromatic carbocycles. The average Bonchev–Trinajstić information content (AvgIpc) is 2.41. The summed E-state index contributed by atoms with van der Waals surface area (Å²) in [4.78, 5) is 12.9. The van der Waals surface area contributed by atoms with Crippen molar-refractivity contribution in [1.29, 1.82) is 0 Å². The van der Waals surface area contributed by atoms with Crippen LogP contribution in [0.2, 0.25) is 0 Å². The van der Waals surface area contributed by atoms with Gasteiger partial charge in [-0.25, -0.2) is 0 Å². The van der Waals surface area contributed by atoms with E-state index in [1.807, 2.05) is 78.8 Å². The molecule has 0 fully saturated rings. The predicted molar refractivity (Wildman–Crippen MR) is 70.2 cm³/mol. The number of hydrogen-bond donors (Lipinski definition) is 0. The third-order valence-electron chi connectivity index (χ3n) is 2.63. The first-order valence-corrected chi connectivity index (χ1v) is 5.60. The number of anilines is 2. The number of carbonyl (C=O) groups excluding carboxylic acids is 1. The Kier molecular flexibility index (Phi) is 3.55. The van der Waals surface area contributed by atoms with Gasteiger partial charge in [-0.1, -0.05) is 36.4 Å². The van der Waals surface area contributed by atoms with Gasteiger partial charge in [0.1, 0.15) is 0 Å². The van der Waals surface area contributed by atoms with Crippen LogP contribution in [-0.4, -0.2) is 12.3 Å². The van der Waals surface area contributed by atoms with E-state index in [-0.39, 0.29) is 6.04 Å². The molecule has 0 bridgehead atoms. The Morgan fingerprint density at radius 3 is 1.65 bits per heavy atom. The van der Waals surface area contributed by atoms with Crippen molar-refractivity contribution in [2.45, 2.75) is 13.0 Å². The van der Waals surface area contributed by atoms with E-state index in [2.05, 4.69) is 0 Å². The van der Waals surface area contributed by atoms with Gasteiger partial charge in [0.25, 0.3) is 0 Å². The van der Waals surface area contributed by atoms with E-state index in [4.69, 9.17) is 0 Å². The minimum atomic E-state index is -0.306. The van der Waals surface area contributed by atoms with E-state index >= 15 is 0 Å². The number of hydrogen-bond acceptors (Lipinski definition) is 2. The fourth-order valence-corrected chi connectivity index (χ4v) is 1.83. The molecule has 0 saturated carbocycles. The maximum absolute atomic E-state index is 10.9. The molecule has 0 aromatic heterocycles. The van der Waals surface area contributed by atoms with Crippen LogP contribution in [0.5, 0.6) is 0 Å². The molecule has 2 rings (SSSR count). The predicted octanol–water partition coefficient (Wildman–Crippen LogP) is 3.32. The van der Waals surface area contributed by atoms with Gasteiger partial charge in [0.05, 0.1) is 6.04 Å². The second-order valence-electron chi connectivity index (χ2n) is 3.83. The SMILES string of the molecule is CC([C]=O)N(c1ccccc1)c1ccccc1. The second kappa shape index (κ2) is 5.30. The molecule has 2 aromatic rings. The Morgan fingerprint density at radius 2 is 1.29 bits per heavy atom. The Hall–Kier alpha value is -2.09. The van der Waals surface area contributed by atoms with Gasteiger partial charge in [0, 0.05) is 11.4 Å². The van der Waals surface area contributed by atoms with Crippen LogP contribution in [-0.2, 0) is 4.79 Å². The Labute approximate surface area is 102 Å². The molecule has 0 heterocycles. The molecular formula is C15H14NO. The molecule has 0 aliphatic heterocycles. The fraction of sp³-hybridized carbons (Fsp3) is 0.133. The van der Waals surface area contributed by atoms with Gasteiger partial charge in [-0.3, -0.25) is 4.79 Å². The van der Waals surface area contributed by atoms with Gasteiger partial charge >= 0.3 is 0 Å². The number of nitrogens with zero attached hydrogens (tertiary/aromatic N) is 1. The summed E-state index contributed by atoms with van der Waals surface area (Å²) in [5, 5.41) is 0. The molecule has 0 amide bonds. The summed E-state index contributed by atoms with van der Waals surface area (Å²) < 4.78 is 0. The van der Waals surface area contributed by atoms with Crippen LogP contribution in [0.25, 0.3) is 0 Å². The summed E-state index contributed by atoms with van der Waals surface area (Å²) in [6, 6.07) is 19.4. The number of rotatable bonds is 4. The quantitative estimate of drug-likeness (QED) is 0.794. The third-order valence-corrected chi connectivity index (χ3v) is 2.63. The zero-order chi connectivity index (χ0) is 12.1. The highest BCUT2D eigenvalue weighted by Crippen LogP contribution is 2.26. The van der Waals surface area contributed by atoms with Gasteiger partial charge in [-0.2, -0.15) is 0 Å². The molecule has 0 aliphatic carbocycles. The normalized spacial score (nSPS) is 11.8. The van der Waals surface area contributed by atoms with E-state index in [9.17, 15) is 4.79 Å². The van der Waals surface area contributed by atoms with Gasteiger partial charge in [-0.15, -0.1) is 0 Å². The molecule has 0 aliphatic rings. The molecule has 17 heavy (non-hydrogen) atoms. The minimum Gasteiger partial charge on any atom is -0.331 e. The van der Waals surface area contributed by atoms with Crippen molar-refractivity contribution in [3.63, 3.8) is 0 Å². The lowest BCUT2D eigenvalue weighted by molar-refractivity contribution is 0.544. The lowest BCUT2D eigenvalue weighted by Crippen LogP contribution is -2.29. The van der Waals surface area contributed by atoms with Crippen molar-refractivity contribution in [3.05, 3.63) is 60.7 Å². The van der Waals surface area contributed by atoms with Crippen molar-refractivity contribution in [3.8, 4) is 0 Å². The Balaban J connectivity index is 2.43. The van der Waals surface area contributed by atoms with Gasteiger partial charge in [0.15, 0.2) is 0 Å². The third kappa shape index (κ3) is 2.53. The number of para-hydroxylation sites is 2. The van der Waals surface area contributed by atoms with E-state index in [1.165, 1.54) is 0 Å². The minimum absolute atomic E-state index is 0.306. The molecule has 0 saturated heterocycles. The van der Waals surface area contributed by atoms with Crippen molar-refractivity contribution in [2.24, 2.45) is 0 Å². The maximum atomic E-state index is 10.9. The number of benzene rings is 2. The van der Waals surface area contributed by atoms with Crippen LogP contribution < -0.4 is 4.90 Å². The summed E-state index contributed by atoms with van der Waals surface area (Å²) in [6.45, 7) is 1.84. The molecule has 2 heteroatoms. The lowest BCUT2D eigenvalue weighted by atomic mass is 10.2. The zero-order valence-corrected chi connectivity index (χ0v) is 9.71. The van der Waals surface area contributed by atoms with Crippen LogP contribution in [0.3, 0.4) is 0 Å². The molecule has 0 N–H and O–H groups in total. The van der Waals surface area contributed by atoms with Crippen molar-refractivity contribution in [1.82, 2.24) is 0 Å². The summed E-state index contributed by atoms with van der Waals surface area (Å²) >= 11 is 0. The highest BCUT2D eigenvalue weighted by atomic mass is 16.1.